The third kappa shape index (κ3) is 5.38. The van der Waals surface area contributed by atoms with E-state index in [2.05, 4.69) is 15.6 Å². The minimum Gasteiger partial charge on any atom is -0.370 e. The summed E-state index contributed by atoms with van der Waals surface area (Å²) in [4.78, 5) is 20.3. The molecule has 1 aromatic carbocycles. The Bertz CT molecular complexity index is 1320. The van der Waals surface area contributed by atoms with Gasteiger partial charge in [0.15, 0.2) is 0 Å². The molecule has 1 amide bonds. The van der Waals surface area contributed by atoms with E-state index in [4.69, 9.17) is 0 Å². The predicted molar refractivity (Wildman–Crippen MR) is 139 cm³/mol. The number of carbonyl (C=O) groups is 1. The van der Waals surface area contributed by atoms with E-state index in [1.54, 1.807) is 6.20 Å². The minimum atomic E-state index is -4.53. The SMILES string of the molecule is CNC[C@H](C)NC(=O)C1(c2ccc(-c3cccn3C)nc2)CCN(c2ccc(C(F)(F)F)cc2C#N)CC1. The summed E-state index contributed by atoms with van der Waals surface area (Å²) >= 11 is 0. The van der Waals surface area contributed by atoms with Gasteiger partial charge in [-0.1, -0.05) is 6.07 Å². The molecule has 1 atom stereocenters. The zero-order valence-electron chi connectivity index (χ0n) is 21.6. The van der Waals surface area contributed by atoms with Gasteiger partial charge in [0.1, 0.15) is 6.07 Å². The number of hydrogen-bond acceptors (Lipinski definition) is 5. The highest BCUT2D eigenvalue weighted by atomic mass is 19.4. The second-order valence-corrected chi connectivity index (χ2v) is 9.78. The lowest BCUT2D eigenvalue weighted by molar-refractivity contribution is -0.137. The lowest BCUT2D eigenvalue weighted by Gasteiger charge is -2.42. The van der Waals surface area contributed by atoms with Crippen LogP contribution in [-0.2, 0) is 23.4 Å². The number of benzene rings is 1. The zero-order chi connectivity index (χ0) is 27.5. The molecule has 0 saturated carbocycles. The fraction of sp³-hybridized carbons (Fsp3) is 0.393. The van der Waals surface area contributed by atoms with Gasteiger partial charge in [-0.2, -0.15) is 18.4 Å². The molecule has 0 unspecified atom stereocenters. The first-order chi connectivity index (χ1) is 18.1. The van der Waals surface area contributed by atoms with Crippen LogP contribution in [0, 0.1) is 11.3 Å². The number of amides is 1. The maximum Gasteiger partial charge on any atom is 0.416 e. The lowest BCUT2D eigenvalue weighted by Crippen LogP contribution is -2.54. The number of nitrogens with one attached hydrogen (secondary N) is 2. The first kappa shape index (κ1) is 27.2. The molecule has 2 N–H and O–H groups in total. The summed E-state index contributed by atoms with van der Waals surface area (Å²) in [6, 6.07) is 12.8. The number of nitrogens with zero attached hydrogens (tertiary/aromatic N) is 4. The van der Waals surface area contributed by atoms with Gasteiger partial charge in [0.25, 0.3) is 0 Å². The molecule has 3 heterocycles. The van der Waals surface area contributed by atoms with Gasteiger partial charge in [0, 0.05) is 45.1 Å². The van der Waals surface area contributed by atoms with Crippen molar-refractivity contribution in [3.63, 3.8) is 0 Å². The fourth-order valence-electron chi connectivity index (χ4n) is 5.13. The van der Waals surface area contributed by atoms with Crippen LogP contribution in [0.2, 0.25) is 0 Å². The van der Waals surface area contributed by atoms with Crippen molar-refractivity contribution in [2.75, 3.05) is 31.6 Å². The molecule has 200 valence electrons. The van der Waals surface area contributed by atoms with Crippen LogP contribution in [0.5, 0.6) is 0 Å². The van der Waals surface area contributed by atoms with Crippen LogP contribution >= 0.6 is 0 Å². The smallest absolute Gasteiger partial charge is 0.370 e. The molecule has 38 heavy (non-hydrogen) atoms. The van der Waals surface area contributed by atoms with Crippen LogP contribution in [0.4, 0.5) is 18.9 Å². The number of piperidine rings is 1. The molecule has 7 nitrogen and oxygen atoms in total. The molecule has 1 saturated heterocycles. The minimum absolute atomic E-state index is 0.0343. The average Bonchev–Trinajstić information content (AvgIpc) is 3.33. The molecule has 0 spiro atoms. The third-order valence-corrected chi connectivity index (χ3v) is 7.25. The molecule has 0 aliphatic carbocycles. The second kappa shape index (κ2) is 10.9. The number of aryl methyl sites for hydroxylation is 1. The number of aromatic nitrogens is 2. The van der Waals surface area contributed by atoms with Gasteiger partial charge in [0.2, 0.25) is 5.91 Å². The quantitative estimate of drug-likeness (QED) is 0.483. The molecule has 10 heteroatoms. The maximum absolute atomic E-state index is 13.7. The monoisotopic (exact) mass is 524 g/mol. The van der Waals surface area contributed by atoms with Crippen LogP contribution in [0.1, 0.15) is 36.5 Å². The summed E-state index contributed by atoms with van der Waals surface area (Å²) in [5.74, 6) is -0.110. The van der Waals surface area contributed by atoms with Gasteiger partial charge in [-0.05, 0) is 68.8 Å². The third-order valence-electron chi connectivity index (χ3n) is 7.25. The van der Waals surface area contributed by atoms with Gasteiger partial charge < -0.3 is 20.1 Å². The molecular weight excluding hydrogens is 493 g/mol. The van der Waals surface area contributed by atoms with E-state index in [1.807, 2.05) is 67.0 Å². The highest BCUT2D eigenvalue weighted by Crippen LogP contribution is 2.39. The van der Waals surface area contributed by atoms with E-state index >= 15 is 0 Å². The Morgan fingerprint density at radius 3 is 2.50 bits per heavy atom. The van der Waals surface area contributed by atoms with Crippen molar-refractivity contribution in [3.05, 3.63) is 71.5 Å². The van der Waals surface area contributed by atoms with E-state index in [0.717, 1.165) is 29.1 Å². The highest BCUT2D eigenvalue weighted by Gasteiger charge is 2.44. The average molecular weight is 525 g/mol. The number of anilines is 1. The molecular formula is C28H31F3N6O. The van der Waals surface area contributed by atoms with Gasteiger partial charge >= 0.3 is 6.18 Å². The van der Waals surface area contributed by atoms with Crippen molar-refractivity contribution in [1.82, 2.24) is 20.2 Å². The molecule has 0 radical (unpaired) electrons. The summed E-state index contributed by atoms with van der Waals surface area (Å²) in [7, 11) is 3.76. The van der Waals surface area contributed by atoms with E-state index in [9.17, 15) is 23.2 Å². The normalized spacial score (nSPS) is 16.1. The van der Waals surface area contributed by atoms with Crippen molar-refractivity contribution in [2.24, 2.45) is 7.05 Å². The van der Waals surface area contributed by atoms with Crippen LogP contribution in [-0.4, -0.2) is 48.2 Å². The van der Waals surface area contributed by atoms with Crippen molar-refractivity contribution in [3.8, 4) is 17.5 Å². The van der Waals surface area contributed by atoms with Crippen molar-refractivity contribution in [2.45, 2.75) is 37.4 Å². The van der Waals surface area contributed by atoms with Gasteiger partial charge in [0.05, 0.1) is 33.6 Å². The van der Waals surface area contributed by atoms with Crippen molar-refractivity contribution < 1.29 is 18.0 Å². The Morgan fingerprint density at radius 1 is 1.21 bits per heavy atom. The summed E-state index contributed by atoms with van der Waals surface area (Å²) in [6.07, 6.45) is 0.000862. The summed E-state index contributed by atoms with van der Waals surface area (Å²) < 4.78 is 41.5. The van der Waals surface area contributed by atoms with E-state index < -0.39 is 17.2 Å². The highest BCUT2D eigenvalue weighted by molar-refractivity contribution is 5.89. The zero-order valence-corrected chi connectivity index (χ0v) is 21.6. The summed E-state index contributed by atoms with van der Waals surface area (Å²) in [5, 5.41) is 15.7. The van der Waals surface area contributed by atoms with Crippen LogP contribution in [0.25, 0.3) is 11.4 Å². The predicted octanol–water partition coefficient (Wildman–Crippen LogP) is 4.24. The van der Waals surface area contributed by atoms with Gasteiger partial charge in [-0.25, -0.2) is 0 Å². The van der Waals surface area contributed by atoms with Crippen LogP contribution in [0.15, 0.2) is 54.9 Å². The number of alkyl halides is 3. The maximum atomic E-state index is 13.7. The number of nitriles is 1. The molecule has 3 aromatic rings. The molecule has 4 rings (SSSR count). The number of pyridine rings is 1. The van der Waals surface area contributed by atoms with Gasteiger partial charge in [-0.3, -0.25) is 9.78 Å². The Morgan fingerprint density at radius 2 is 1.95 bits per heavy atom. The first-order valence-electron chi connectivity index (χ1n) is 12.5. The molecule has 1 fully saturated rings. The Labute approximate surface area is 220 Å². The fourth-order valence-corrected chi connectivity index (χ4v) is 5.13. The Balaban J connectivity index is 1.63. The summed E-state index contributed by atoms with van der Waals surface area (Å²) in [5.41, 5.74) is 1.23. The van der Waals surface area contributed by atoms with Crippen molar-refractivity contribution >= 4 is 11.6 Å². The van der Waals surface area contributed by atoms with E-state index in [1.165, 1.54) is 6.07 Å². The molecule has 1 aliphatic heterocycles. The molecule has 2 aromatic heterocycles. The first-order valence-corrected chi connectivity index (χ1v) is 12.5. The Kier molecular flexibility index (Phi) is 7.78. The molecule has 0 bridgehead atoms. The number of hydrogen-bond donors (Lipinski definition) is 2. The number of carbonyl (C=O) groups excluding carboxylic acids is 1. The summed E-state index contributed by atoms with van der Waals surface area (Å²) in [6.45, 7) is 3.33. The van der Waals surface area contributed by atoms with Crippen LogP contribution in [0.3, 0.4) is 0 Å². The largest absolute Gasteiger partial charge is 0.416 e. The number of halogens is 3. The van der Waals surface area contributed by atoms with Gasteiger partial charge in [-0.15, -0.1) is 0 Å². The van der Waals surface area contributed by atoms with E-state index in [0.29, 0.717) is 38.2 Å². The molecule has 1 aliphatic rings. The lowest BCUT2D eigenvalue weighted by atomic mass is 9.72. The standard InChI is InChI=1S/C28H31F3N6O/c1-19(17-33-2)35-26(38)27(22-6-8-23(34-18-22)25-5-4-12-36(25)3)10-13-37(14-11-27)24-9-7-21(28(29,30)31)15-20(24)16-32/h4-9,12,15,18-19,33H,10-11,13-14,17H2,1-3H3,(H,35,38)/t19-/m0/s1. The number of likely N-dealkylation sites (N-methyl/N-ethyl adjacent to an activating group) is 1. The van der Waals surface area contributed by atoms with Crippen LogP contribution < -0.4 is 15.5 Å². The topological polar surface area (TPSA) is 86.0 Å². The second-order valence-electron chi connectivity index (χ2n) is 9.78. The van der Waals surface area contributed by atoms with E-state index in [-0.39, 0.29) is 17.5 Å². The van der Waals surface area contributed by atoms with Crippen molar-refractivity contribution in [1.29, 1.82) is 5.26 Å². The number of rotatable bonds is 7. The Hall–Kier alpha value is -3.84.